The second-order valence-electron chi connectivity index (χ2n) is 6.43. The molecule has 0 spiro atoms. The number of carbonyl (C=O) groups excluding carboxylic acids is 2. The number of hydrogen-bond acceptors (Lipinski definition) is 3. The van der Waals surface area contributed by atoms with Crippen LogP contribution in [-0.4, -0.2) is 25.5 Å². The van der Waals surface area contributed by atoms with E-state index in [0.717, 1.165) is 16.9 Å². The molecule has 2 atom stereocenters. The lowest BCUT2D eigenvalue weighted by Crippen LogP contribution is -2.37. The van der Waals surface area contributed by atoms with Crippen molar-refractivity contribution in [3.8, 4) is 5.75 Å². The largest absolute Gasteiger partial charge is 0.497 e. The minimum atomic E-state index is -0.239. The smallest absolute Gasteiger partial charge is 0.239 e. The van der Waals surface area contributed by atoms with Gasteiger partial charge in [-0.2, -0.15) is 0 Å². The number of amides is 2. The van der Waals surface area contributed by atoms with Crippen molar-refractivity contribution >= 4 is 35.0 Å². The lowest BCUT2D eigenvalue weighted by molar-refractivity contribution is -0.126. The van der Waals surface area contributed by atoms with Gasteiger partial charge in [0.15, 0.2) is 0 Å². The summed E-state index contributed by atoms with van der Waals surface area (Å²) in [5.74, 6) is 0.262. The van der Waals surface area contributed by atoms with Crippen LogP contribution in [0.1, 0.15) is 23.5 Å². The lowest BCUT2D eigenvalue weighted by Gasteiger charge is -2.08. The van der Waals surface area contributed by atoms with E-state index in [9.17, 15) is 9.59 Å². The van der Waals surface area contributed by atoms with Crippen LogP contribution >= 0.6 is 23.2 Å². The maximum atomic E-state index is 12.3. The van der Waals surface area contributed by atoms with E-state index in [1.807, 2.05) is 36.4 Å². The summed E-state index contributed by atoms with van der Waals surface area (Å²) in [6, 6.07) is 12.8. The van der Waals surface area contributed by atoms with E-state index in [2.05, 4.69) is 10.6 Å². The van der Waals surface area contributed by atoms with Crippen molar-refractivity contribution in [2.75, 3.05) is 13.7 Å². The highest BCUT2D eigenvalue weighted by Crippen LogP contribution is 2.50. The Labute approximate surface area is 168 Å². The first-order valence-electron chi connectivity index (χ1n) is 8.61. The van der Waals surface area contributed by atoms with Gasteiger partial charge < -0.3 is 15.4 Å². The molecular formula is C20H20Cl2N2O3. The molecular weight excluding hydrogens is 387 g/mol. The lowest BCUT2D eigenvalue weighted by atomic mass is 10.1. The molecule has 0 saturated heterocycles. The molecule has 1 saturated carbocycles. The monoisotopic (exact) mass is 406 g/mol. The van der Waals surface area contributed by atoms with Crippen LogP contribution in [-0.2, 0) is 16.1 Å². The molecule has 1 aliphatic carbocycles. The molecule has 142 valence electrons. The van der Waals surface area contributed by atoms with Crippen LogP contribution in [0.4, 0.5) is 0 Å². The Morgan fingerprint density at radius 3 is 2.56 bits per heavy atom. The van der Waals surface area contributed by atoms with Crippen molar-refractivity contribution in [1.29, 1.82) is 0 Å². The second kappa shape index (κ2) is 8.63. The average molecular weight is 407 g/mol. The minimum Gasteiger partial charge on any atom is -0.497 e. The maximum Gasteiger partial charge on any atom is 0.239 e. The Morgan fingerprint density at radius 2 is 1.85 bits per heavy atom. The first-order valence-corrected chi connectivity index (χ1v) is 9.36. The van der Waals surface area contributed by atoms with Crippen LogP contribution in [0, 0.1) is 5.92 Å². The van der Waals surface area contributed by atoms with Gasteiger partial charge in [0, 0.05) is 12.5 Å². The minimum absolute atomic E-state index is 0.0541. The zero-order valence-electron chi connectivity index (χ0n) is 14.8. The van der Waals surface area contributed by atoms with Crippen molar-refractivity contribution in [3.63, 3.8) is 0 Å². The van der Waals surface area contributed by atoms with Crippen molar-refractivity contribution in [2.45, 2.75) is 18.9 Å². The fourth-order valence-corrected chi connectivity index (χ4v) is 3.39. The van der Waals surface area contributed by atoms with Crippen molar-refractivity contribution in [3.05, 3.63) is 63.6 Å². The van der Waals surface area contributed by atoms with Gasteiger partial charge in [-0.15, -0.1) is 0 Å². The molecule has 27 heavy (non-hydrogen) atoms. The van der Waals surface area contributed by atoms with Crippen LogP contribution in [0.15, 0.2) is 42.5 Å². The second-order valence-corrected chi connectivity index (χ2v) is 7.22. The first-order chi connectivity index (χ1) is 13.0. The fourth-order valence-electron chi connectivity index (χ4n) is 2.94. The van der Waals surface area contributed by atoms with Crippen molar-refractivity contribution in [2.24, 2.45) is 5.92 Å². The standard InChI is InChI=1S/C20H20Cl2N2O3/c1-27-13-7-5-12(6-8-13)10-23-18(25)11-24-20(26)16-9-15(16)14-3-2-4-17(21)19(14)22/h2-8,15-16H,9-11H2,1H3,(H,23,25)(H,24,26). The normalized spacial score (nSPS) is 17.9. The molecule has 2 amide bonds. The Morgan fingerprint density at radius 1 is 1.11 bits per heavy atom. The molecule has 0 aromatic heterocycles. The van der Waals surface area contributed by atoms with E-state index in [4.69, 9.17) is 27.9 Å². The molecule has 3 rings (SSSR count). The number of carbonyl (C=O) groups is 2. The van der Waals surface area contributed by atoms with E-state index in [1.165, 1.54) is 0 Å². The number of nitrogens with one attached hydrogen (secondary N) is 2. The van der Waals surface area contributed by atoms with Crippen LogP contribution in [0.3, 0.4) is 0 Å². The summed E-state index contributed by atoms with van der Waals surface area (Å²) in [6.45, 7) is 0.338. The molecule has 5 nitrogen and oxygen atoms in total. The van der Waals surface area contributed by atoms with Gasteiger partial charge in [0.1, 0.15) is 5.75 Å². The fraction of sp³-hybridized carbons (Fsp3) is 0.300. The van der Waals surface area contributed by atoms with Crippen LogP contribution in [0.2, 0.25) is 10.0 Å². The highest BCUT2D eigenvalue weighted by Gasteiger charge is 2.45. The van der Waals surface area contributed by atoms with E-state index in [0.29, 0.717) is 23.0 Å². The third-order valence-corrected chi connectivity index (χ3v) is 5.41. The Kier molecular flexibility index (Phi) is 6.24. The molecule has 0 aliphatic heterocycles. The molecule has 2 aromatic carbocycles. The summed E-state index contributed by atoms with van der Waals surface area (Å²) in [5.41, 5.74) is 1.83. The van der Waals surface area contributed by atoms with Gasteiger partial charge in [0.05, 0.1) is 23.7 Å². The topological polar surface area (TPSA) is 67.4 Å². The van der Waals surface area contributed by atoms with Gasteiger partial charge in [-0.1, -0.05) is 47.5 Å². The number of ether oxygens (including phenoxy) is 1. The number of benzene rings is 2. The van der Waals surface area contributed by atoms with E-state index < -0.39 is 0 Å². The molecule has 1 fully saturated rings. The third-order valence-electron chi connectivity index (χ3n) is 4.58. The quantitative estimate of drug-likeness (QED) is 0.738. The zero-order chi connectivity index (χ0) is 19.4. The molecule has 0 bridgehead atoms. The van der Waals surface area contributed by atoms with Gasteiger partial charge in [-0.05, 0) is 41.7 Å². The summed E-state index contributed by atoms with van der Waals surface area (Å²) < 4.78 is 5.09. The predicted octanol–water partition coefficient (Wildman–Crippen LogP) is 3.54. The zero-order valence-corrected chi connectivity index (χ0v) is 16.3. The SMILES string of the molecule is COc1ccc(CNC(=O)CNC(=O)C2CC2c2cccc(Cl)c2Cl)cc1. The molecule has 7 heteroatoms. The highest BCUT2D eigenvalue weighted by atomic mass is 35.5. The summed E-state index contributed by atoms with van der Waals surface area (Å²) in [4.78, 5) is 24.2. The average Bonchev–Trinajstić information content (AvgIpc) is 3.47. The summed E-state index contributed by atoms with van der Waals surface area (Å²) >= 11 is 12.2. The molecule has 0 radical (unpaired) electrons. The number of rotatable bonds is 7. The maximum absolute atomic E-state index is 12.3. The summed E-state index contributed by atoms with van der Waals surface area (Å²) in [7, 11) is 1.60. The number of methoxy groups -OCH3 is 1. The number of halogens is 2. The third kappa shape index (κ3) is 4.93. The van der Waals surface area contributed by atoms with Gasteiger partial charge in [-0.25, -0.2) is 0 Å². The Hall–Kier alpha value is -2.24. The van der Waals surface area contributed by atoms with E-state index in [-0.39, 0.29) is 30.2 Å². The van der Waals surface area contributed by atoms with Crippen molar-refractivity contribution in [1.82, 2.24) is 10.6 Å². The van der Waals surface area contributed by atoms with Gasteiger partial charge in [-0.3, -0.25) is 9.59 Å². The Bertz CT molecular complexity index is 840. The molecule has 2 N–H and O–H groups in total. The summed E-state index contributed by atoms with van der Waals surface area (Å²) in [5, 5.41) is 6.44. The Balaban J connectivity index is 1.42. The first kappa shape index (κ1) is 19.5. The summed E-state index contributed by atoms with van der Waals surface area (Å²) in [6.07, 6.45) is 0.708. The molecule has 0 heterocycles. The molecule has 1 aliphatic rings. The molecule has 2 aromatic rings. The van der Waals surface area contributed by atoms with Crippen LogP contribution < -0.4 is 15.4 Å². The highest BCUT2D eigenvalue weighted by molar-refractivity contribution is 6.42. The van der Waals surface area contributed by atoms with Crippen LogP contribution in [0.5, 0.6) is 5.75 Å². The number of hydrogen-bond donors (Lipinski definition) is 2. The van der Waals surface area contributed by atoms with Gasteiger partial charge in [0.25, 0.3) is 0 Å². The van der Waals surface area contributed by atoms with Crippen molar-refractivity contribution < 1.29 is 14.3 Å². The van der Waals surface area contributed by atoms with Gasteiger partial charge >= 0.3 is 0 Å². The van der Waals surface area contributed by atoms with Gasteiger partial charge in [0.2, 0.25) is 11.8 Å². The van der Waals surface area contributed by atoms with E-state index in [1.54, 1.807) is 13.2 Å². The van der Waals surface area contributed by atoms with E-state index >= 15 is 0 Å². The predicted molar refractivity (Wildman–Crippen MR) is 105 cm³/mol. The molecule has 2 unspecified atom stereocenters. The van der Waals surface area contributed by atoms with Crippen LogP contribution in [0.25, 0.3) is 0 Å².